The predicted octanol–water partition coefficient (Wildman–Crippen LogP) is 2.35. The Morgan fingerprint density at radius 1 is 1.33 bits per heavy atom. The van der Waals surface area contributed by atoms with E-state index in [0.29, 0.717) is 11.5 Å². The fraction of sp³-hybridized carbons (Fsp3) is 0.125. The molecule has 0 aliphatic rings. The number of carbonyl (C=O) groups excluding carboxylic acids is 2. The summed E-state index contributed by atoms with van der Waals surface area (Å²) in [5.74, 6) is -0.273. The van der Waals surface area contributed by atoms with Gasteiger partial charge in [0.05, 0.1) is 10.5 Å². The first-order chi connectivity index (χ1) is 11.4. The smallest absolute Gasteiger partial charge is 0.331 e. The Morgan fingerprint density at radius 2 is 2.08 bits per heavy atom. The third kappa shape index (κ3) is 4.29. The van der Waals surface area contributed by atoms with Crippen LogP contribution in [0.1, 0.15) is 27.4 Å². The zero-order chi connectivity index (χ0) is 17.7. The number of hydrogen-bond acceptors (Lipinski definition) is 6. The molecule has 2 N–H and O–H groups in total. The molecule has 0 aliphatic carbocycles. The molecule has 1 heterocycles. The van der Waals surface area contributed by atoms with Gasteiger partial charge in [0.15, 0.2) is 0 Å². The number of nitrogens with two attached hydrogens (primary N) is 1. The largest absolute Gasteiger partial charge is 0.462 e. The van der Waals surface area contributed by atoms with Gasteiger partial charge in [-0.3, -0.25) is 14.9 Å². The summed E-state index contributed by atoms with van der Waals surface area (Å²) in [7, 11) is 0. The molecule has 0 unspecified atom stereocenters. The van der Waals surface area contributed by atoms with Gasteiger partial charge in [-0.1, -0.05) is 0 Å². The van der Waals surface area contributed by atoms with Crippen LogP contribution >= 0.6 is 0 Å². The average Bonchev–Trinajstić information content (AvgIpc) is 2.96. The molecule has 2 aromatic rings. The molecule has 0 bridgehead atoms. The van der Waals surface area contributed by atoms with Crippen LogP contribution in [-0.2, 0) is 16.1 Å². The van der Waals surface area contributed by atoms with Gasteiger partial charge in [-0.25, -0.2) is 4.79 Å². The number of primary amides is 1. The van der Waals surface area contributed by atoms with Gasteiger partial charge in [-0.15, -0.1) is 0 Å². The van der Waals surface area contributed by atoms with Gasteiger partial charge in [0.25, 0.3) is 5.69 Å². The van der Waals surface area contributed by atoms with E-state index >= 15 is 0 Å². The number of nitro benzene ring substituents is 1. The van der Waals surface area contributed by atoms with Crippen molar-refractivity contribution in [1.29, 1.82) is 0 Å². The van der Waals surface area contributed by atoms with Gasteiger partial charge in [0, 0.05) is 17.7 Å². The van der Waals surface area contributed by atoms with Crippen LogP contribution in [0.2, 0.25) is 0 Å². The lowest BCUT2D eigenvalue weighted by Gasteiger charge is -2.05. The lowest BCUT2D eigenvalue weighted by molar-refractivity contribution is -0.385. The van der Waals surface area contributed by atoms with E-state index in [-0.39, 0.29) is 23.4 Å². The maximum absolute atomic E-state index is 11.7. The summed E-state index contributed by atoms with van der Waals surface area (Å²) in [6.45, 7) is 1.46. The number of furan rings is 1. The summed E-state index contributed by atoms with van der Waals surface area (Å²) < 4.78 is 10.2. The van der Waals surface area contributed by atoms with E-state index in [1.165, 1.54) is 18.2 Å². The highest BCUT2D eigenvalue weighted by molar-refractivity contribution is 5.93. The lowest BCUT2D eigenvalue weighted by atomic mass is 10.1. The average molecular weight is 330 g/mol. The highest BCUT2D eigenvalue weighted by Crippen LogP contribution is 2.21. The highest BCUT2D eigenvalue weighted by Gasteiger charge is 2.17. The van der Waals surface area contributed by atoms with Gasteiger partial charge < -0.3 is 14.9 Å². The maximum atomic E-state index is 11.7. The zero-order valence-electron chi connectivity index (χ0n) is 12.7. The number of nitrogens with zero attached hydrogens (tertiary/aromatic N) is 1. The van der Waals surface area contributed by atoms with Gasteiger partial charge in [-0.05, 0) is 37.3 Å². The molecule has 8 heteroatoms. The molecule has 8 nitrogen and oxygen atoms in total. The fourth-order valence-electron chi connectivity index (χ4n) is 1.90. The Labute approximate surface area is 136 Å². The van der Waals surface area contributed by atoms with E-state index in [0.717, 1.165) is 12.1 Å². The SMILES string of the molecule is Cc1ccc(C=CC(=O)OCc2ccc(C(N)=O)cc2[N+](=O)[O-])o1. The third-order valence-electron chi connectivity index (χ3n) is 3.08. The Bertz CT molecular complexity index is 822. The molecule has 1 aromatic heterocycles. The zero-order valence-corrected chi connectivity index (χ0v) is 12.7. The normalized spacial score (nSPS) is 10.7. The van der Waals surface area contributed by atoms with Crippen molar-refractivity contribution in [2.45, 2.75) is 13.5 Å². The van der Waals surface area contributed by atoms with Crippen molar-refractivity contribution in [1.82, 2.24) is 0 Å². The minimum Gasteiger partial charge on any atom is -0.462 e. The monoisotopic (exact) mass is 330 g/mol. The number of carbonyl (C=O) groups is 2. The summed E-state index contributed by atoms with van der Waals surface area (Å²) in [4.78, 5) is 33.1. The van der Waals surface area contributed by atoms with Crippen molar-refractivity contribution < 1.29 is 23.7 Å². The molecule has 0 radical (unpaired) electrons. The number of rotatable bonds is 6. The van der Waals surface area contributed by atoms with Gasteiger partial charge in [0.2, 0.25) is 5.91 Å². The summed E-state index contributed by atoms with van der Waals surface area (Å²) in [5.41, 5.74) is 4.90. The molecule has 1 amide bonds. The van der Waals surface area contributed by atoms with Gasteiger partial charge in [0.1, 0.15) is 18.1 Å². The number of benzene rings is 1. The maximum Gasteiger partial charge on any atom is 0.331 e. The second-order valence-corrected chi connectivity index (χ2v) is 4.85. The van der Waals surface area contributed by atoms with Crippen LogP contribution < -0.4 is 5.73 Å². The molecular formula is C16H14N2O6. The van der Waals surface area contributed by atoms with Crippen LogP contribution in [0.4, 0.5) is 5.69 Å². The molecule has 0 saturated carbocycles. The Hall–Kier alpha value is -3.42. The second kappa shape index (κ2) is 7.23. The van der Waals surface area contributed by atoms with E-state index < -0.39 is 16.8 Å². The van der Waals surface area contributed by atoms with E-state index in [9.17, 15) is 19.7 Å². The van der Waals surface area contributed by atoms with Crippen molar-refractivity contribution in [3.8, 4) is 0 Å². The van der Waals surface area contributed by atoms with Crippen molar-refractivity contribution in [3.05, 3.63) is 69.2 Å². The van der Waals surface area contributed by atoms with Crippen LogP contribution in [-0.4, -0.2) is 16.8 Å². The molecule has 0 aliphatic heterocycles. The van der Waals surface area contributed by atoms with Crippen molar-refractivity contribution >= 4 is 23.6 Å². The second-order valence-electron chi connectivity index (χ2n) is 4.85. The summed E-state index contributed by atoms with van der Waals surface area (Å²) in [5, 5.41) is 11.0. The number of esters is 1. The first kappa shape index (κ1) is 16.9. The highest BCUT2D eigenvalue weighted by atomic mass is 16.6. The summed E-state index contributed by atoms with van der Waals surface area (Å²) in [6.07, 6.45) is 2.59. The predicted molar refractivity (Wildman–Crippen MR) is 83.9 cm³/mol. The molecule has 2 rings (SSSR count). The topological polar surface area (TPSA) is 126 Å². The molecule has 0 atom stereocenters. The quantitative estimate of drug-likeness (QED) is 0.375. The van der Waals surface area contributed by atoms with E-state index in [1.54, 1.807) is 19.1 Å². The fourth-order valence-corrected chi connectivity index (χ4v) is 1.90. The number of ether oxygens (including phenoxy) is 1. The molecule has 24 heavy (non-hydrogen) atoms. The Balaban J connectivity index is 2.05. The van der Waals surface area contributed by atoms with Crippen molar-refractivity contribution in [2.75, 3.05) is 0 Å². The van der Waals surface area contributed by atoms with Crippen LogP contribution in [0.25, 0.3) is 6.08 Å². The summed E-state index contributed by atoms with van der Waals surface area (Å²) >= 11 is 0. The first-order valence-electron chi connectivity index (χ1n) is 6.85. The first-order valence-corrected chi connectivity index (χ1v) is 6.85. The minimum atomic E-state index is -0.779. The lowest BCUT2D eigenvalue weighted by Crippen LogP contribution is -2.12. The standard InChI is InChI=1S/C16H14N2O6/c1-10-2-5-13(24-10)6-7-15(19)23-9-12-4-3-11(16(17)20)8-14(12)18(21)22/h2-8H,9H2,1H3,(H2,17,20). The molecular weight excluding hydrogens is 316 g/mol. The third-order valence-corrected chi connectivity index (χ3v) is 3.08. The molecule has 0 saturated heterocycles. The van der Waals surface area contributed by atoms with Crippen molar-refractivity contribution in [2.24, 2.45) is 5.73 Å². The van der Waals surface area contributed by atoms with Crippen molar-refractivity contribution in [3.63, 3.8) is 0 Å². The Morgan fingerprint density at radius 3 is 2.67 bits per heavy atom. The van der Waals surface area contributed by atoms with Gasteiger partial charge >= 0.3 is 5.97 Å². The Kier molecular flexibility index (Phi) is 5.10. The molecule has 124 valence electrons. The van der Waals surface area contributed by atoms with Crippen LogP contribution in [0.3, 0.4) is 0 Å². The van der Waals surface area contributed by atoms with E-state index in [1.807, 2.05) is 0 Å². The molecule has 0 spiro atoms. The van der Waals surface area contributed by atoms with Crippen LogP contribution in [0.5, 0.6) is 0 Å². The van der Waals surface area contributed by atoms with E-state index in [2.05, 4.69) is 0 Å². The number of hydrogen-bond donors (Lipinski definition) is 1. The van der Waals surface area contributed by atoms with Crippen LogP contribution in [0, 0.1) is 17.0 Å². The van der Waals surface area contributed by atoms with Gasteiger partial charge in [-0.2, -0.15) is 0 Å². The minimum absolute atomic E-state index is 0.00450. The number of amides is 1. The summed E-state index contributed by atoms with van der Waals surface area (Å²) in [6, 6.07) is 7.14. The number of nitro groups is 1. The number of aryl methyl sites for hydroxylation is 1. The molecule has 1 aromatic carbocycles. The molecule has 0 fully saturated rings. The van der Waals surface area contributed by atoms with E-state index in [4.69, 9.17) is 14.9 Å². The van der Waals surface area contributed by atoms with Crippen LogP contribution in [0.15, 0.2) is 40.8 Å².